The number of carbonyl (C=O) groups excluding carboxylic acids is 4. The molecule has 0 aliphatic rings. The van der Waals surface area contributed by atoms with E-state index < -0.39 is 72.1 Å². The van der Waals surface area contributed by atoms with E-state index in [1.807, 2.05) is 0 Å². The summed E-state index contributed by atoms with van der Waals surface area (Å²) in [5, 5.41) is 25.8. The molecule has 4 amide bonds. The van der Waals surface area contributed by atoms with Crippen molar-refractivity contribution in [1.82, 2.24) is 25.9 Å². The van der Waals surface area contributed by atoms with E-state index in [2.05, 4.69) is 25.9 Å². The van der Waals surface area contributed by atoms with Gasteiger partial charge in [0.1, 0.15) is 18.1 Å². The molecular formula is C22H35N7O8. The molecule has 15 nitrogen and oxygen atoms in total. The van der Waals surface area contributed by atoms with Crippen molar-refractivity contribution in [3.05, 3.63) is 18.2 Å². The summed E-state index contributed by atoms with van der Waals surface area (Å²) in [5.74, 6) is -6.03. The van der Waals surface area contributed by atoms with E-state index in [1.165, 1.54) is 12.5 Å². The highest BCUT2D eigenvalue weighted by Gasteiger charge is 2.32. The third-order valence-corrected chi connectivity index (χ3v) is 5.71. The Morgan fingerprint density at radius 2 is 1.62 bits per heavy atom. The molecule has 1 aromatic rings. The lowest BCUT2D eigenvalue weighted by molar-refractivity contribution is -0.143. The molecule has 0 aliphatic carbocycles. The van der Waals surface area contributed by atoms with Crippen molar-refractivity contribution in [2.24, 2.45) is 17.4 Å². The maximum absolute atomic E-state index is 13.1. The van der Waals surface area contributed by atoms with Gasteiger partial charge in [-0.2, -0.15) is 0 Å². The van der Waals surface area contributed by atoms with Crippen molar-refractivity contribution in [2.75, 3.05) is 0 Å². The molecule has 0 radical (unpaired) electrons. The van der Waals surface area contributed by atoms with Crippen LogP contribution in [0.1, 0.15) is 51.6 Å². The summed E-state index contributed by atoms with van der Waals surface area (Å²) in [7, 11) is 0. The zero-order chi connectivity index (χ0) is 28.1. The Morgan fingerprint density at radius 3 is 2.14 bits per heavy atom. The number of imidazole rings is 1. The number of nitrogens with one attached hydrogen (secondary N) is 4. The Balaban J connectivity index is 3.02. The number of primary amides is 1. The summed E-state index contributed by atoms with van der Waals surface area (Å²) in [5.41, 5.74) is 11.3. The molecule has 15 heteroatoms. The van der Waals surface area contributed by atoms with Gasteiger partial charge in [-0.1, -0.05) is 20.3 Å². The Morgan fingerprint density at radius 1 is 0.973 bits per heavy atom. The molecule has 5 atom stereocenters. The van der Waals surface area contributed by atoms with Crippen LogP contribution >= 0.6 is 0 Å². The van der Waals surface area contributed by atoms with Crippen LogP contribution in [0.3, 0.4) is 0 Å². The van der Waals surface area contributed by atoms with E-state index in [9.17, 15) is 33.9 Å². The molecule has 1 aromatic heterocycles. The number of aliphatic carboxylic acids is 2. The second-order valence-corrected chi connectivity index (χ2v) is 8.66. The SMILES string of the molecule is CCC(C)C(NC(=O)C(N)CCC(N)=O)C(=O)NC(CCC(=O)O)C(=O)NC(Cc1cnc[nH]1)C(=O)O. The first-order chi connectivity index (χ1) is 17.3. The summed E-state index contributed by atoms with van der Waals surface area (Å²) in [6.45, 7) is 3.45. The Hall–Kier alpha value is -4.01. The minimum Gasteiger partial charge on any atom is -0.481 e. The quantitative estimate of drug-likeness (QED) is 0.111. The summed E-state index contributed by atoms with van der Waals surface area (Å²) in [6.07, 6.45) is 2.07. The smallest absolute Gasteiger partial charge is 0.326 e. The number of hydrogen-bond acceptors (Lipinski definition) is 8. The van der Waals surface area contributed by atoms with Gasteiger partial charge in [0.25, 0.3) is 0 Å². The van der Waals surface area contributed by atoms with Crippen molar-refractivity contribution in [3.63, 3.8) is 0 Å². The van der Waals surface area contributed by atoms with Gasteiger partial charge in [0, 0.05) is 31.2 Å². The van der Waals surface area contributed by atoms with Crippen LogP contribution in [0.25, 0.3) is 0 Å². The van der Waals surface area contributed by atoms with Crippen LogP contribution in [0.5, 0.6) is 0 Å². The molecule has 1 heterocycles. The molecular weight excluding hydrogens is 490 g/mol. The zero-order valence-electron chi connectivity index (χ0n) is 20.7. The maximum Gasteiger partial charge on any atom is 0.326 e. The molecule has 0 spiro atoms. The molecule has 37 heavy (non-hydrogen) atoms. The number of aromatic nitrogens is 2. The molecule has 1 rings (SSSR count). The molecule has 0 saturated carbocycles. The number of rotatable bonds is 17. The van der Waals surface area contributed by atoms with Crippen molar-refractivity contribution in [3.8, 4) is 0 Å². The highest BCUT2D eigenvalue weighted by Crippen LogP contribution is 2.11. The van der Waals surface area contributed by atoms with Crippen LogP contribution in [0, 0.1) is 5.92 Å². The van der Waals surface area contributed by atoms with Crippen LogP contribution in [-0.4, -0.2) is 79.9 Å². The van der Waals surface area contributed by atoms with Crippen molar-refractivity contribution < 1.29 is 39.0 Å². The van der Waals surface area contributed by atoms with Crippen LogP contribution < -0.4 is 27.4 Å². The molecule has 0 fully saturated rings. The second kappa shape index (κ2) is 15.2. The van der Waals surface area contributed by atoms with E-state index in [-0.39, 0.29) is 25.7 Å². The number of aromatic amines is 1. The molecule has 10 N–H and O–H groups in total. The fourth-order valence-corrected chi connectivity index (χ4v) is 3.28. The first-order valence-corrected chi connectivity index (χ1v) is 11.7. The van der Waals surface area contributed by atoms with Crippen molar-refractivity contribution in [2.45, 2.75) is 76.5 Å². The van der Waals surface area contributed by atoms with E-state index >= 15 is 0 Å². The highest BCUT2D eigenvalue weighted by molar-refractivity contribution is 5.94. The number of carboxylic acids is 2. The molecule has 206 valence electrons. The predicted octanol–water partition coefficient (Wildman–Crippen LogP) is -2.01. The van der Waals surface area contributed by atoms with Gasteiger partial charge in [-0.3, -0.25) is 24.0 Å². The maximum atomic E-state index is 13.1. The van der Waals surface area contributed by atoms with Gasteiger partial charge < -0.3 is 42.6 Å². The van der Waals surface area contributed by atoms with Gasteiger partial charge in [0.05, 0.1) is 12.4 Å². The van der Waals surface area contributed by atoms with Crippen LogP contribution in [-0.2, 0) is 35.2 Å². The highest BCUT2D eigenvalue weighted by atomic mass is 16.4. The number of nitrogens with two attached hydrogens (primary N) is 2. The van der Waals surface area contributed by atoms with E-state index in [1.54, 1.807) is 13.8 Å². The monoisotopic (exact) mass is 525 g/mol. The molecule has 0 aromatic carbocycles. The topological polar surface area (TPSA) is 260 Å². The van der Waals surface area contributed by atoms with Crippen molar-refractivity contribution in [1.29, 1.82) is 0 Å². The molecule has 0 saturated heterocycles. The van der Waals surface area contributed by atoms with Gasteiger partial charge in [0.2, 0.25) is 23.6 Å². The summed E-state index contributed by atoms with van der Waals surface area (Å²) >= 11 is 0. The Bertz CT molecular complexity index is 953. The average molecular weight is 526 g/mol. The first kappa shape index (κ1) is 31.0. The molecule has 0 bridgehead atoms. The minimum absolute atomic E-state index is 0.0352. The van der Waals surface area contributed by atoms with Gasteiger partial charge in [0.15, 0.2) is 0 Å². The minimum atomic E-state index is -1.40. The summed E-state index contributed by atoms with van der Waals surface area (Å²) in [4.78, 5) is 78.8. The van der Waals surface area contributed by atoms with Gasteiger partial charge in [-0.15, -0.1) is 0 Å². The number of nitrogens with zero attached hydrogens (tertiary/aromatic N) is 1. The third kappa shape index (κ3) is 11.1. The van der Waals surface area contributed by atoms with Gasteiger partial charge in [-0.05, 0) is 18.8 Å². The van der Waals surface area contributed by atoms with Gasteiger partial charge >= 0.3 is 11.9 Å². The lowest BCUT2D eigenvalue weighted by Gasteiger charge is -2.27. The standard InChI is InChI=1S/C22H35N7O8/c1-3-11(2)18(29-19(33)13(23)4-6-16(24)30)21(35)27-14(5-7-17(31)32)20(34)28-15(22(36)37)8-12-9-25-10-26-12/h9-11,13-15,18H,3-8,23H2,1-2H3,(H2,24,30)(H,25,26)(H,27,35)(H,28,34)(H,29,33)(H,31,32)(H,36,37). The third-order valence-electron chi connectivity index (χ3n) is 5.71. The number of hydrogen-bond donors (Lipinski definition) is 8. The fourth-order valence-electron chi connectivity index (χ4n) is 3.28. The Labute approximate surface area is 213 Å². The Kier molecular flexibility index (Phi) is 12.7. The number of carbonyl (C=O) groups is 6. The number of amides is 4. The predicted molar refractivity (Wildman–Crippen MR) is 128 cm³/mol. The molecule has 0 aliphatic heterocycles. The van der Waals surface area contributed by atoms with Crippen LogP contribution in [0.2, 0.25) is 0 Å². The van der Waals surface area contributed by atoms with E-state index in [0.717, 1.165) is 0 Å². The first-order valence-electron chi connectivity index (χ1n) is 11.7. The zero-order valence-corrected chi connectivity index (χ0v) is 20.7. The van der Waals surface area contributed by atoms with E-state index in [4.69, 9.17) is 16.6 Å². The van der Waals surface area contributed by atoms with Gasteiger partial charge in [-0.25, -0.2) is 9.78 Å². The number of H-pyrrole nitrogens is 1. The average Bonchev–Trinajstić information content (AvgIpc) is 3.35. The normalized spacial score (nSPS) is 14.9. The van der Waals surface area contributed by atoms with Crippen molar-refractivity contribution >= 4 is 35.6 Å². The van der Waals surface area contributed by atoms with Crippen LogP contribution in [0.15, 0.2) is 12.5 Å². The van der Waals surface area contributed by atoms with E-state index in [0.29, 0.717) is 12.1 Å². The summed E-state index contributed by atoms with van der Waals surface area (Å²) < 4.78 is 0. The number of carboxylic acid groups (broad SMARTS) is 2. The summed E-state index contributed by atoms with van der Waals surface area (Å²) in [6, 6.07) is -5.04. The largest absolute Gasteiger partial charge is 0.481 e. The molecule has 5 unspecified atom stereocenters. The lowest BCUT2D eigenvalue weighted by atomic mass is 9.96. The second-order valence-electron chi connectivity index (χ2n) is 8.66. The fraction of sp³-hybridized carbons (Fsp3) is 0.591. The lowest BCUT2D eigenvalue weighted by Crippen LogP contribution is -2.58. The van der Waals surface area contributed by atoms with Crippen LogP contribution in [0.4, 0.5) is 0 Å².